The third-order valence-corrected chi connectivity index (χ3v) is 6.77. The molecule has 1 aromatic carbocycles. The Morgan fingerprint density at radius 3 is 2.77 bits per heavy atom. The third kappa shape index (κ3) is 6.15. The van der Waals surface area contributed by atoms with Gasteiger partial charge in [0.1, 0.15) is 12.4 Å². The van der Waals surface area contributed by atoms with Gasteiger partial charge in [-0.2, -0.15) is 4.99 Å². The molecule has 1 fully saturated rings. The summed E-state index contributed by atoms with van der Waals surface area (Å²) in [7, 11) is 1.27. The molecule has 7 nitrogen and oxygen atoms in total. The number of hydrogen-bond acceptors (Lipinski definition) is 6. The highest BCUT2D eigenvalue weighted by Crippen LogP contribution is 2.19. The zero-order valence-electron chi connectivity index (χ0n) is 16.7. The largest absolute Gasteiger partial charge is 0.468 e. The molecule has 30 heavy (non-hydrogen) atoms. The maximum atomic E-state index is 13.5. The van der Waals surface area contributed by atoms with Crippen molar-refractivity contribution in [3.05, 3.63) is 28.8 Å². The Morgan fingerprint density at radius 2 is 2.03 bits per heavy atom. The molecule has 1 N–H and O–H groups in total. The van der Waals surface area contributed by atoms with Gasteiger partial charge in [0.15, 0.2) is 4.80 Å². The highest BCUT2D eigenvalue weighted by Gasteiger charge is 2.16. The zero-order chi connectivity index (χ0) is 21.5. The lowest BCUT2D eigenvalue weighted by atomic mass is 9.95. The molecule has 1 aromatic heterocycles. The molecule has 0 unspecified atom stereocenters. The molecular formula is C20H24FN3O4S2. The molecule has 1 heterocycles. The van der Waals surface area contributed by atoms with Crippen LogP contribution in [0.4, 0.5) is 4.39 Å². The van der Waals surface area contributed by atoms with Gasteiger partial charge in [-0.3, -0.25) is 14.4 Å². The van der Waals surface area contributed by atoms with Gasteiger partial charge < -0.3 is 14.6 Å². The van der Waals surface area contributed by atoms with Crippen LogP contribution in [0.1, 0.15) is 32.1 Å². The third-order valence-electron chi connectivity index (χ3n) is 4.81. The second-order valence-corrected chi connectivity index (χ2v) is 9.05. The predicted molar refractivity (Wildman–Crippen MR) is 115 cm³/mol. The molecule has 0 aliphatic heterocycles. The number of thiazole rings is 1. The zero-order valence-corrected chi connectivity index (χ0v) is 18.3. The van der Waals surface area contributed by atoms with Crippen molar-refractivity contribution in [1.29, 1.82) is 0 Å². The maximum absolute atomic E-state index is 13.5. The first kappa shape index (κ1) is 22.5. The van der Waals surface area contributed by atoms with Gasteiger partial charge in [-0.15, -0.1) is 11.8 Å². The normalized spacial score (nSPS) is 15.3. The van der Waals surface area contributed by atoms with E-state index in [0.29, 0.717) is 15.0 Å². The molecule has 2 aromatic rings. The van der Waals surface area contributed by atoms with Crippen LogP contribution in [0, 0.1) is 5.82 Å². The number of carbonyl (C=O) groups excluding carboxylic acids is 3. The predicted octanol–water partition coefficient (Wildman–Crippen LogP) is 2.62. The van der Waals surface area contributed by atoms with Crippen LogP contribution in [0.5, 0.6) is 0 Å². The Kier molecular flexibility index (Phi) is 8.03. The topological polar surface area (TPSA) is 89.8 Å². The van der Waals surface area contributed by atoms with Crippen LogP contribution in [0.3, 0.4) is 0 Å². The number of thioether (sulfide) groups is 1. The summed E-state index contributed by atoms with van der Waals surface area (Å²) in [6, 6.07) is 4.40. The number of hydrogen-bond donors (Lipinski definition) is 1. The summed E-state index contributed by atoms with van der Waals surface area (Å²) in [4.78, 5) is 40.5. The summed E-state index contributed by atoms with van der Waals surface area (Å²) in [6.07, 6.45) is 5.52. The lowest BCUT2D eigenvalue weighted by Gasteiger charge is -2.22. The van der Waals surface area contributed by atoms with E-state index >= 15 is 0 Å². The van der Waals surface area contributed by atoms with E-state index in [2.05, 4.69) is 10.3 Å². The summed E-state index contributed by atoms with van der Waals surface area (Å²) in [6.45, 7) is -0.134. The quantitative estimate of drug-likeness (QED) is 0.651. The van der Waals surface area contributed by atoms with Gasteiger partial charge in [0, 0.05) is 6.04 Å². The number of esters is 1. The highest BCUT2D eigenvalue weighted by atomic mass is 32.2. The molecule has 1 aliphatic rings. The number of benzene rings is 1. The van der Waals surface area contributed by atoms with Crippen molar-refractivity contribution >= 4 is 51.1 Å². The number of ether oxygens (including phenoxy) is 1. The maximum Gasteiger partial charge on any atom is 0.325 e. The second-order valence-electron chi connectivity index (χ2n) is 7.06. The minimum atomic E-state index is -0.498. The van der Waals surface area contributed by atoms with Gasteiger partial charge >= 0.3 is 5.97 Å². The van der Waals surface area contributed by atoms with E-state index in [-0.39, 0.29) is 30.0 Å². The van der Waals surface area contributed by atoms with Crippen molar-refractivity contribution in [1.82, 2.24) is 9.88 Å². The summed E-state index contributed by atoms with van der Waals surface area (Å²) in [5, 5.41) is 3.01. The van der Waals surface area contributed by atoms with Gasteiger partial charge in [-0.1, -0.05) is 30.6 Å². The van der Waals surface area contributed by atoms with Gasteiger partial charge in [0.05, 0.1) is 28.8 Å². The molecule has 0 bridgehead atoms. The Balaban J connectivity index is 1.64. The number of methoxy groups -OCH3 is 1. The molecule has 162 valence electrons. The highest BCUT2D eigenvalue weighted by molar-refractivity contribution is 8.00. The number of halogens is 1. The molecule has 1 saturated carbocycles. The van der Waals surface area contributed by atoms with Crippen LogP contribution in [-0.4, -0.2) is 47.0 Å². The van der Waals surface area contributed by atoms with Gasteiger partial charge in [0.2, 0.25) is 5.91 Å². The Labute approximate surface area is 181 Å². The van der Waals surface area contributed by atoms with Crippen LogP contribution in [0.15, 0.2) is 23.2 Å². The van der Waals surface area contributed by atoms with Gasteiger partial charge in [-0.25, -0.2) is 4.39 Å². The SMILES string of the molecule is COC(=O)Cn1c(=NC(=O)CSCC(=O)NC2CCCCC2)sc2cc(F)ccc21. The summed E-state index contributed by atoms with van der Waals surface area (Å²) < 4.78 is 20.4. The van der Waals surface area contributed by atoms with Crippen LogP contribution >= 0.6 is 23.1 Å². The van der Waals surface area contributed by atoms with Crippen molar-refractivity contribution in [3.63, 3.8) is 0 Å². The molecule has 0 atom stereocenters. The van der Waals surface area contributed by atoms with Crippen molar-refractivity contribution in [3.8, 4) is 0 Å². The van der Waals surface area contributed by atoms with Gasteiger partial charge in [-0.05, 0) is 31.0 Å². The average molecular weight is 454 g/mol. The number of nitrogens with zero attached hydrogens (tertiary/aromatic N) is 2. The number of nitrogens with one attached hydrogen (secondary N) is 1. The molecule has 1 aliphatic carbocycles. The fourth-order valence-corrected chi connectivity index (χ4v) is 5.05. The van der Waals surface area contributed by atoms with E-state index < -0.39 is 17.7 Å². The van der Waals surface area contributed by atoms with Crippen molar-refractivity contribution < 1.29 is 23.5 Å². The van der Waals surface area contributed by atoms with E-state index in [1.54, 1.807) is 0 Å². The molecule has 2 amide bonds. The monoisotopic (exact) mass is 453 g/mol. The van der Waals surface area contributed by atoms with E-state index in [1.807, 2.05) is 0 Å². The van der Waals surface area contributed by atoms with E-state index in [9.17, 15) is 18.8 Å². The van der Waals surface area contributed by atoms with Crippen molar-refractivity contribution in [2.45, 2.75) is 44.7 Å². The lowest BCUT2D eigenvalue weighted by Crippen LogP contribution is -2.37. The fourth-order valence-electron chi connectivity index (χ4n) is 3.37. The standard InChI is InChI=1S/C20H24FN3O4S2/c1-28-19(27)10-24-15-8-7-13(21)9-16(15)30-20(24)23-18(26)12-29-11-17(25)22-14-5-3-2-4-6-14/h7-9,14H,2-6,10-12H2,1H3,(H,22,25). The number of amides is 2. The number of carbonyl (C=O) groups is 3. The molecule has 0 spiro atoms. The van der Waals surface area contributed by atoms with Crippen LogP contribution in [-0.2, 0) is 25.7 Å². The number of fused-ring (bicyclic) bond motifs is 1. The molecule has 3 rings (SSSR count). The summed E-state index contributed by atoms with van der Waals surface area (Å²) in [5.41, 5.74) is 0.595. The first-order valence-corrected chi connectivity index (χ1v) is 11.7. The minimum absolute atomic E-state index is 0.0406. The molecule has 0 saturated heterocycles. The van der Waals surface area contributed by atoms with E-state index in [1.165, 1.54) is 48.1 Å². The van der Waals surface area contributed by atoms with E-state index in [4.69, 9.17) is 4.74 Å². The molecular weight excluding hydrogens is 429 g/mol. The van der Waals surface area contributed by atoms with Crippen LogP contribution in [0.2, 0.25) is 0 Å². The van der Waals surface area contributed by atoms with Crippen LogP contribution in [0.25, 0.3) is 10.2 Å². The Morgan fingerprint density at radius 1 is 1.27 bits per heavy atom. The Hall–Kier alpha value is -2.20. The second kappa shape index (κ2) is 10.7. The van der Waals surface area contributed by atoms with Crippen molar-refractivity contribution in [2.75, 3.05) is 18.6 Å². The first-order valence-electron chi connectivity index (χ1n) is 9.76. The first-order chi connectivity index (χ1) is 14.5. The van der Waals surface area contributed by atoms with Gasteiger partial charge in [0.25, 0.3) is 5.91 Å². The smallest absolute Gasteiger partial charge is 0.325 e. The van der Waals surface area contributed by atoms with Crippen molar-refractivity contribution in [2.24, 2.45) is 4.99 Å². The number of rotatable bonds is 7. The molecule has 10 heteroatoms. The minimum Gasteiger partial charge on any atom is -0.468 e. The van der Waals surface area contributed by atoms with Crippen LogP contribution < -0.4 is 10.1 Å². The molecule has 0 radical (unpaired) electrons. The average Bonchev–Trinajstić information content (AvgIpc) is 3.04. The van der Waals surface area contributed by atoms with E-state index in [0.717, 1.165) is 37.0 Å². The number of aromatic nitrogens is 1. The lowest BCUT2D eigenvalue weighted by molar-refractivity contribution is -0.141. The summed E-state index contributed by atoms with van der Waals surface area (Å²) >= 11 is 2.32. The summed E-state index contributed by atoms with van der Waals surface area (Å²) in [5.74, 6) is -1.17. The Bertz CT molecular complexity index is 996. The fraction of sp³-hybridized carbons (Fsp3) is 0.500.